The van der Waals surface area contributed by atoms with Crippen molar-refractivity contribution >= 4 is 29.1 Å². The predicted octanol–water partition coefficient (Wildman–Crippen LogP) is -1.45. The topological polar surface area (TPSA) is 153 Å². The Morgan fingerprint density at radius 3 is 2.23 bits per heavy atom. The molecule has 0 aliphatic carbocycles. The van der Waals surface area contributed by atoms with Gasteiger partial charge in [-0.3, -0.25) is 14.4 Å². The number of likely N-dealkylation sites (N-methyl/N-ethyl adjacent to an activating group) is 1. The first-order valence-corrected chi connectivity index (χ1v) is 7.43. The molecule has 0 aliphatic rings. The van der Waals surface area contributed by atoms with Gasteiger partial charge < -0.3 is 27.8 Å². The first-order valence-electron chi connectivity index (χ1n) is 6.48. The third kappa shape index (κ3) is 9.86. The van der Waals surface area contributed by atoms with E-state index in [1.807, 2.05) is 16.8 Å². The molecule has 1 aromatic rings. The lowest BCUT2D eigenvalue weighted by molar-refractivity contribution is -0.130. The predicted molar refractivity (Wildman–Crippen MR) is 88.1 cm³/mol. The van der Waals surface area contributed by atoms with Gasteiger partial charge in [-0.1, -0.05) is 0 Å². The highest BCUT2D eigenvalue weighted by Gasteiger charge is 2.21. The molecule has 9 heteroatoms. The smallest absolute Gasteiger partial charge is 0.242 e. The van der Waals surface area contributed by atoms with Gasteiger partial charge in [-0.15, -0.1) is 0 Å². The van der Waals surface area contributed by atoms with Crippen LogP contribution >= 0.6 is 11.3 Å². The summed E-state index contributed by atoms with van der Waals surface area (Å²) in [5.74, 6) is -1.39. The number of nitrogens with two attached hydrogens (primary N) is 3. The van der Waals surface area contributed by atoms with Crippen molar-refractivity contribution in [2.75, 3.05) is 21.1 Å². The first-order chi connectivity index (χ1) is 10.5. The molecule has 0 saturated heterocycles. The van der Waals surface area contributed by atoms with Gasteiger partial charge in [-0.05, 0) is 36.5 Å². The van der Waals surface area contributed by atoms with Crippen LogP contribution in [-0.4, -0.2) is 44.9 Å². The number of carbonyl (C=O) groups is 3. The summed E-state index contributed by atoms with van der Waals surface area (Å²) in [5, 5.41) is 8.58. The molecule has 3 amide bonds. The molecule has 1 heterocycles. The molecule has 0 unspecified atom stereocenters. The Balaban J connectivity index is 0. The third-order valence-electron chi connectivity index (χ3n) is 2.25. The van der Waals surface area contributed by atoms with Crippen molar-refractivity contribution in [3.63, 3.8) is 0 Å². The maximum atomic E-state index is 11.7. The van der Waals surface area contributed by atoms with Crippen molar-refractivity contribution in [2.24, 2.45) is 17.2 Å². The van der Waals surface area contributed by atoms with Crippen LogP contribution in [0.2, 0.25) is 0 Å². The highest BCUT2D eigenvalue weighted by atomic mass is 32.1. The van der Waals surface area contributed by atoms with Gasteiger partial charge in [0.2, 0.25) is 17.7 Å². The summed E-state index contributed by atoms with van der Waals surface area (Å²) >= 11 is 1.49. The van der Waals surface area contributed by atoms with E-state index in [9.17, 15) is 14.4 Å². The summed E-state index contributed by atoms with van der Waals surface area (Å²) in [5.41, 5.74) is 14.9. The molecule has 126 valence electrons. The fourth-order valence-electron chi connectivity index (χ4n) is 1.41. The lowest BCUT2D eigenvalue weighted by atomic mass is 10.1. The van der Waals surface area contributed by atoms with Gasteiger partial charge in [0.25, 0.3) is 0 Å². The Kier molecular flexibility index (Phi) is 14.2. The molecule has 0 fully saturated rings. The minimum absolute atomic E-state index is 0.176. The van der Waals surface area contributed by atoms with E-state index in [1.165, 1.54) is 32.5 Å². The molecule has 0 spiro atoms. The van der Waals surface area contributed by atoms with Gasteiger partial charge in [0.15, 0.2) is 0 Å². The molecule has 1 rings (SSSR count). The van der Waals surface area contributed by atoms with Gasteiger partial charge in [-0.25, -0.2) is 0 Å². The van der Waals surface area contributed by atoms with E-state index in [-0.39, 0.29) is 18.7 Å². The lowest BCUT2D eigenvalue weighted by Crippen LogP contribution is -2.48. The van der Waals surface area contributed by atoms with E-state index in [2.05, 4.69) is 22.1 Å². The van der Waals surface area contributed by atoms with Crippen molar-refractivity contribution in [3.8, 4) is 0 Å². The number of nitrogens with one attached hydrogen (secondary N) is 2. The maximum absolute atomic E-state index is 11.7. The Labute approximate surface area is 134 Å². The second-order valence-electron chi connectivity index (χ2n) is 3.71. The van der Waals surface area contributed by atoms with Crippen LogP contribution < -0.4 is 27.8 Å². The van der Waals surface area contributed by atoms with Crippen LogP contribution in [0.3, 0.4) is 0 Å². The zero-order valence-electron chi connectivity index (χ0n) is 13.1. The van der Waals surface area contributed by atoms with Crippen molar-refractivity contribution in [1.29, 1.82) is 0 Å². The number of hydrogen-bond acceptors (Lipinski definition) is 6. The first kappa shape index (κ1) is 22.3. The minimum Gasteiger partial charge on any atom is -0.370 e. The SMILES string of the molecule is CN.CN.CNC(=O)[C@H](CC(N)=O)NC(=O)Cc1ccsc1. The summed E-state index contributed by atoms with van der Waals surface area (Å²) in [6.07, 6.45) is -0.0369. The molecule has 0 aliphatic heterocycles. The van der Waals surface area contributed by atoms with Gasteiger partial charge in [-0.2, -0.15) is 11.3 Å². The molecule has 1 aromatic heterocycles. The van der Waals surface area contributed by atoms with E-state index in [0.29, 0.717) is 0 Å². The van der Waals surface area contributed by atoms with Gasteiger partial charge in [0, 0.05) is 7.05 Å². The molecule has 1 atom stereocenters. The number of rotatable bonds is 6. The molecular formula is C13H25N5O3S. The lowest BCUT2D eigenvalue weighted by Gasteiger charge is -2.15. The maximum Gasteiger partial charge on any atom is 0.242 e. The van der Waals surface area contributed by atoms with Crippen molar-refractivity contribution < 1.29 is 14.4 Å². The van der Waals surface area contributed by atoms with Crippen LogP contribution in [-0.2, 0) is 20.8 Å². The van der Waals surface area contributed by atoms with E-state index >= 15 is 0 Å². The van der Waals surface area contributed by atoms with Gasteiger partial charge >= 0.3 is 0 Å². The zero-order chi connectivity index (χ0) is 17.5. The number of hydrogen-bond donors (Lipinski definition) is 5. The summed E-state index contributed by atoms with van der Waals surface area (Å²) in [6.45, 7) is 0. The second kappa shape index (κ2) is 14.0. The van der Waals surface area contributed by atoms with E-state index in [4.69, 9.17) is 5.73 Å². The molecule has 0 aromatic carbocycles. The molecule has 0 radical (unpaired) electrons. The molecule has 8 nitrogen and oxygen atoms in total. The van der Waals surface area contributed by atoms with Crippen molar-refractivity contribution in [2.45, 2.75) is 18.9 Å². The summed E-state index contributed by atoms with van der Waals surface area (Å²) in [7, 11) is 4.43. The Morgan fingerprint density at radius 1 is 1.23 bits per heavy atom. The third-order valence-corrected chi connectivity index (χ3v) is 2.98. The van der Waals surface area contributed by atoms with Crippen molar-refractivity contribution in [3.05, 3.63) is 22.4 Å². The quantitative estimate of drug-likeness (QED) is 0.431. The van der Waals surface area contributed by atoms with E-state index < -0.39 is 17.9 Å². The highest BCUT2D eigenvalue weighted by Crippen LogP contribution is 2.06. The van der Waals surface area contributed by atoms with Crippen LogP contribution in [0.4, 0.5) is 0 Å². The van der Waals surface area contributed by atoms with Gasteiger partial charge in [0.1, 0.15) is 6.04 Å². The van der Waals surface area contributed by atoms with Crippen LogP contribution in [0.1, 0.15) is 12.0 Å². The van der Waals surface area contributed by atoms with E-state index in [1.54, 1.807) is 0 Å². The monoisotopic (exact) mass is 331 g/mol. The Hall–Kier alpha value is -1.97. The van der Waals surface area contributed by atoms with Crippen LogP contribution in [0, 0.1) is 0 Å². The number of carbonyl (C=O) groups excluding carboxylic acids is 3. The van der Waals surface area contributed by atoms with E-state index in [0.717, 1.165) is 5.56 Å². The number of amides is 3. The molecule has 0 saturated carbocycles. The highest BCUT2D eigenvalue weighted by molar-refractivity contribution is 7.07. The Morgan fingerprint density at radius 2 is 1.82 bits per heavy atom. The Bertz CT molecular complexity index is 437. The molecule has 22 heavy (non-hydrogen) atoms. The fourth-order valence-corrected chi connectivity index (χ4v) is 2.08. The summed E-state index contributed by atoms with van der Waals surface area (Å²) < 4.78 is 0. The van der Waals surface area contributed by atoms with Gasteiger partial charge in [0.05, 0.1) is 12.8 Å². The molecule has 8 N–H and O–H groups in total. The van der Waals surface area contributed by atoms with Crippen LogP contribution in [0.25, 0.3) is 0 Å². The minimum atomic E-state index is -0.918. The summed E-state index contributed by atoms with van der Waals surface area (Å²) in [6, 6.07) is 0.909. The molecular weight excluding hydrogens is 306 g/mol. The van der Waals surface area contributed by atoms with Crippen LogP contribution in [0.5, 0.6) is 0 Å². The standard InChI is InChI=1S/C11H15N3O3S.2CH5N/c1-13-11(17)8(5-9(12)15)14-10(16)4-7-2-3-18-6-7;2*1-2/h2-3,6,8H,4-5H2,1H3,(H2,12,15)(H,13,17)(H,14,16);2*2H2,1H3/t8-;;/m0../s1. The average molecular weight is 331 g/mol. The number of thiophene rings is 1. The molecule has 0 bridgehead atoms. The number of primary amides is 1. The van der Waals surface area contributed by atoms with Crippen LogP contribution in [0.15, 0.2) is 16.8 Å². The zero-order valence-corrected chi connectivity index (χ0v) is 13.9. The summed E-state index contributed by atoms with van der Waals surface area (Å²) in [4.78, 5) is 34.0. The fraction of sp³-hybridized carbons (Fsp3) is 0.462. The average Bonchev–Trinajstić information content (AvgIpc) is 3.02. The normalized spacial score (nSPS) is 10.0. The largest absolute Gasteiger partial charge is 0.370 e. The van der Waals surface area contributed by atoms with Crippen molar-refractivity contribution in [1.82, 2.24) is 10.6 Å². The second-order valence-corrected chi connectivity index (χ2v) is 4.49.